The van der Waals surface area contributed by atoms with Gasteiger partial charge in [-0.25, -0.2) is 8.78 Å². The Labute approximate surface area is 113 Å². The minimum Gasteiger partial charge on any atom is -0.362 e. The standard InChI is InChI=1S/C9H11F.C7H10FN/c1-7(2)8-5-3-4-6-9(8)10;1-5(2)7-6(8)3-4-9-7/h3-7H,1-2H3;3-5,9H,1-2H3. The number of hydrogen-bond acceptors (Lipinski definition) is 0. The first kappa shape index (κ1) is 15.4. The molecule has 0 fully saturated rings. The van der Waals surface area contributed by atoms with Crippen LogP contribution in [0.5, 0.6) is 0 Å². The molecular weight excluding hydrogens is 244 g/mol. The minimum absolute atomic E-state index is 0.0995. The summed E-state index contributed by atoms with van der Waals surface area (Å²) < 4.78 is 25.4. The van der Waals surface area contributed by atoms with Crippen molar-refractivity contribution in [2.75, 3.05) is 0 Å². The van der Waals surface area contributed by atoms with Crippen molar-refractivity contribution in [3.63, 3.8) is 0 Å². The van der Waals surface area contributed by atoms with E-state index in [1.807, 2.05) is 39.8 Å². The lowest BCUT2D eigenvalue weighted by atomic mass is 10.0. The highest BCUT2D eigenvalue weighted by Crippen LogP contribution is 2.16. The number of rotatable bonds is 2. The van der Waals surface area contributed by atoms with E-state index in [0.29, 0.717) is 5.69 Å². The molecule has 0 amide bonds. The van der Waals surface area contributed by atoms with Crippen LogP contribution in [0.4, 0.5) is 8.78 Å². The summed E-state index contributed by atoms with van der Waals surface area (Å²) in [4.78, 5) is 2.83. The third-order valence-corrected chi connectivity index (χ3v) is 2.83. The minimum atomic E-state index is -0.134. The fraction of sp³-hybridized carbons (Fsp3) is 0.375. The summed E-state index contributed by atoms with van der Waals surface area (Å²) in [5.41, 5.74) is 1.48. The quantitative estimate of drug-likeness (QED) is 0.765. The SMILES string of the molecule is CC(C)c1[nH]ccc1F.CC(C)c1ccccc1F. The highest BCUT2D eigenvalue weighted by molar-refractivity contribution is 5.20. The van der Waals surface area contributed by atoms with Gasteiger partial charge in [0.2, 0.25) is 0 Å². The van der Waals surface area contributed by atoms with E-state index < -0.39 is 0 Å². The molecule has 2 rings (SSSR count). The van der Waals surface area contributed by atoms with E-state index in [4.69, 9.17) is 0 Å². The second-order valence-electron chi connectivity index (χ2n) is 5.07. The molecule has 0 unspecified atom stereocenters. The second kappa shape index (κ2) is 7.07. The van der Waals surface area contributed by atoms with Crippen molar-refractivity contribution in [2.45, 2.75) is 39.5 Å². The molecular formula is C16H21F2N. The van der Waals surface area contributed by atoms with Crippen molar-refractivity contribution in [2.24, 2.45) is 0 Å². The lowest BCUT2D eigenvalue weighted by Crippen LogP contribution is -1.90. The average molecular weight is 265 g/mol. The predicted molar refractivity (Wildman–Crippen MR) is 75.3 cm³/mol. The van der Waals surface area contributed by atoms with Crippen molar-refractivity contribution in [3.8, 4) is 0 Å². The molecule has 0 spiro atoms. The number of aromatic nitrogens is 1. The van der Waals surface area contributed by atoms with Gasteiger partial charge in [-0.2, -0.15) is 0 Å². The van der Waals surface area contributed by atoms with Gasteiger partial charge in [-0.1, -0.05) is 45.9 Å². The predicted octanol–water partition coefficient (Wildman–Crippen LogP) is 5.23. The number of hydrogen-bond donors (Lipinski definition) is 1. The van der Waals surface area contributed by atoms with E-state index in [-0.39, 0.29) is 23.5 Å². The Morgan fingerprint density at radius 3 is 1.79 bits per heavy atom. The third kappa shape index (κ3) is 4.51. The average Bonchev–Trinajstić information content (AvgIpc) is 2.76. The largest absolute Gasteiger partial charge is 0.362 e. The van der Waals surface area contributed by atoms with Crippen LogP contribution in [0, 0.1) is 11.6 Å². The van der Waals surface area contributed by atoms with Crippen molar-refractivity contribution < 1.29 is 8.78 Å². The van der Waals surface area contributed by atoms with Gasteiger partial charge in [0, 0.05) is 6.20 Å². The maximum atomic E-state index is 12.8. The summed E-state index contributed by atoms with van der Waals surface area (Å²) in [7, 11) is 0. The van der Waals surface area contributed by atoms with E-state index in [1.165, 1.54) is 12.1 Å². The number of aromatic amines is 1. The zero-order valence-electron chi connectivity index (χ0n) is 11.9. The van der Waals surface area contributed by atoms with Crippen LogP contribution in [-0.2, 0) is 0 Å². The first-order chi connectivity index (χ1) is 8.93. The molecule has 1 heterocycles. The van der Waals surface area contributed by atoms with Gasteiger partial charge in [-0.05, 0) is 29.5 Å². The molecule has 1 aromatic carbocycles. The normalized spacial score (nSPS) is 10.5. The van der Waals surface area contributed by atoms with E-state index in [9.17, 15) is 8.78 Å². The Morgan fingerprint density at radius 1 is 0.842 bits per heavy atom. The van der Waals surface area contributed by atoms with Crippen LogP contribution in [0.2, 0.25) is 0 Å². The van der Waals surface area contributed by atoms with Crippen LogP contribution in [0.1, 0.15) is 50.8 Å². The first-order valence-electron chi connectivity index (χ1n) is 6.50. The van der Waals surface area contributed by atoms with E-state index in [1.54, 1.807) is 12.3 Å². The lowest BCUT2D eigenvalue weighted by Gasteiger charge is -2.04. The molecule has 104 valence electrons. The molecule has 0 atom stereocenters. The second-order valence-corrected chi connectivity index (χ2v) is 5.07. The Bertz CT molecular complexity index is 501. The highest BCUT2D eigenvalue weighted by Gasteiger charge is 2.05. The van der Waals surface area contributed by atoms with Crippen molar-refractivity contribution in [1.29, 1.82) is 0 Å². The van der Waals surface area contributed by atoms with Gasteiger partial charge in [-0.15, -0.1) is 0 Å². The molecule has 2 aromatic rings. The summed E-state index contributed by atoms with van der Waals surface area (Å²) in [6, 6.07) is 8.32. The van der Waals surface area contributed by atoms with Crippen molar-refractivity contribution >= 4 is 0 Å². The topological polar surface area (TPSA) is 15.8 Å². The van der Waals surface area contributed by atoms with Crippen molar-refractivity contribution in [3.05, 3.63) is 59.4 Å². The maximum Gasteiger partial charge on any atom is 0.144 e. The van der Waals surface area contributed by atoms with Crippen molar-refractivity contribution in [1.82, 2.24) is 4.98 Å². The zero-order valence-corrected chi connectivity index (χ0v) is 11.9. The monoisotopic (exact) mass is 265 g/mol. The summed E-state index contributed by atoms with van der Waals surface area (Å²) in [6.45, 7) is 7.88. The molecule has 0 saturated heterocycles. The molecule has 3 heteroatoms. The molecule has 1 N–H and O–H groups in total. The molecule has 0 aliphatic rings. The number of benzene rings is 1. The van der Waals surface area contributed by atoms with Crippen LogP contribution in [0.15, 0.2) is 36.5 Å². The molecule has 0 aliphatic heterocycles. The van der Waals surface area contributed by atoms with Gasteiger partial charge >= 0.3 is 0 Å². The van der Waals surface area contributed by atoms with E-state index in [2.05, 4.69) is 4.98 Å². The Hall–Kier alpha value is -1.64. The summed E-state index contributed by atoms with van der Waals surface area (Å²) in [5.74, 6) is 0.295. The number of H-pyrrole nitrogens is 1. The van der Waals surface area contributed by atoms with Gasteiger partial charge in [0.25, 0.3) is 0 Å². The zero-order chi connectivity index (χ0) is 14.4. The van der Waals surface area contributed by atoms with Crippen LogP contribution >= 0.6 is 0 Å². The van der Waals surface area contributed by atoms with Gasteiger partial charge in [0.1, 0.15) is 11.6 Å². The Morgan fingerprint density at radius 2 is 1.47 bits per heavy atom. The molecule has 0 radical (unpaired) electrons. The molecule has 1 aromatic heterocycles. The van der Waals surface area contributed by atoms with Crippen LogP contribution in [-0.4, -0.2) is 4.98 Å². The third-order valence-electron chi connectivity index (χ3n) is 2.83. The van der Waals surface area contributed by atoms with Crippen LogP contribution in [0.25, 0.3) is 0 Å². The Kier molecular flexibility index (Phi) is 5.74. The fourth-order valence-corrected chi connectivity index (χ4v) is 1.75. The fourth-order valence-electron chi connectivity index (χ4n) is 1.75. The van der Waals surface area contributed by atoms with Crippen LogP contribution in [0.3, 0.4) is 0 Å². The molecule has 0 aliphatic carbocycles. The lowest BCUT2D eigenvalue weighted by molar-refractivity contribution is 0.597. The van der Waals surface area contributed by atoms with E-state index >= 15 is 0 Å². The summed E-state index contributed by atoms with van der Waals surface area (Å²) in [5, 5.41) is 0. The van der Waals surface area contributed by atoms with Gasteiger partial charge in [0.15, 0.2) is 0 Å². The number of nitrogens with one attached hydrogen (secondary N) is 1. The highest BCUT2D eigenvalue weighted by atomic mass is 19.1. The summed E-state index contributed by atoms with van der Waals surface area (Å²) in [6.07, 6.45) is 1.62. The first-order valence-corrected chi connectivity index (χ1v) is 6.50. The molecule has 0 bridgehead atoms. The maximum absolute atomic E-state index is 12.8. The summed E-state index contributed by atoms with van der Waals surface area (Å²) >= 11 is 0. The molecule has 0 saturated carbocycles. The van der Waals surface area contributed by atoms with Gasteiger partial charge < -0.3 is 4.98 Å². The van der Waals surface area contributed by atoms with Crippen LogP contribution < -0.4 is 0 Å². The Balaban J connectivity index is 0.000000191. The van der Waals surface area contributed by atoms with Gasteiger partial charge in [0.05, 0.1) is 5.69 Å². The molecule has 1 nitrogen and oxygen atoms in total. The molecule has 19 heavy (non-hydrogen) atoms. The number of halogens is 2. The van der Waals surface area contributed by atoms with Gasteiger partial charge in [-0.3, -0.25) is 0 Å². The van der Waals surface area contributed by atoms with E-state index in [0.717, 1.165) is 5.56 Å². The smallest absolute Gasteiger partial charge is 0.144 e.